The minimum atomic E-state index is -4.46. The monoisotopic (exact) mass is 481 g/mol. The molecule has 0 aliphatic heterocycles. The lowest BCUT2D eigenvalue weighted by atomic mass is 10.1. The molecule has 172 valence electrons. The average molecular weight is 481 g/mol. The Labute approximate surface area is 196 Å². The Kier molecular flexibility index (Phi) is 5.49. The van der Waals surface area contributed by atoms with Gasteiger partial charge in [0, 0.05) is 34.8 Å². The fourth-order valence-corrected chi connectivity index (χ4v) is 4.95. The maximum atomic E-state index is 13.7. The number of thiophene rings is 1. The number of benzene rings is 2. The van der Waals surface area contributed by atoms with Gasteiger partial charge in [-0.15, -0.1) is 11.3 Å². The fraction of sp³-hybridized carbons (Fsp3) is 0.120. The number of aryl methyl sites for hydroxylation is 1. The number of nitrogens with one attached hydrogen (secondary N) is 1. The molecule has 3 aromatic heterocycles. The molecule has 5 aromatic rings. The van der Waals surface area contributed by atoms with Gasteiger partial charge in [0.15, 0.2) is 0 Å². The summed E-state index contributed by atoms with van der Waals surface area (Å²) in [7, 11) is 0. The summed E-state index contributed by atoms with van der Waals surface area (Å²) in [5, 5.41) is 17.0. The van der Waals surface area contributed by atoms with Gasteiger partial charge >= 0.3 is 12.1 Å². The lowest BCUT2D eigenvalue weighted by molar-refractivity contribution is -0.137. The van der Waals surface area contributed by atoms with Crippen molar-refractivity contribution in [3.05, 3.63) is 77.8 Å². The molecule has 34 heavy (non-hydrogen) atoms. The minimum absolute atomic E-state index is 0.0277. The first-order valence-electron chi connectivity index (χ1n) is 10.4. The maximum Gasteiger partial charge on any atom is 0.426 e. The van der Waals surface area contributed by atoms with Crippen molar-refractivity contribution in [3.8, 4) is 33.0 Å². The molecule has 0 saturated carbocycles. The van der Waals surface area contributed by atoms with Crippen LogP contribution >= 0.6 is 11.3 Å². The Morgan fingerprint density at radius 1 is 1.03 bits per heavy atom. The molecule has 9 heteroatoms. The SMILES string of the molecule is O=C(O)CCn1ccc2cc(-c3cc(-c4cc(-c5ccccc5)c(C(F)(F)F)s4)[nH]n3)ccc21. The number of nitrogens with zero attached hydrogens (tertiary/aromatic N) is 2. The van der Waals surface area contributed by atoms with Gasteiger partial charge in [0.25, 0.3) is 0 Å². The van der Waals surface area contributed by atoms with Crippen molar-refractivity contribution in [2.75, 3.05) is 0 Å². The van der Waals surface area contributed by atoms with E-state index in [2.05, 4.69) is 10.2 Å². The number of hydrogen-bond donors (Lipinski definition) is 2. The molecule has 0 amide bonds. The quantitative estimate of drug-likeness (QED) is 0.277. The van der Waals surface area contributed by atoms with E-state index < -0.39 is 17.0 Å². The standard InChI is InChI=1S/C25H18F3N3O2S/c26-25(27,28)24-18(15-4-2-1-3-5-15)13-22(34-24)20-14-19(29-30-20)16-6-7-21-17(12-16)8-10-31(21)11-9-23(32)33/h1-8,10,12-14H,9,11H2,(H,29,30)(H,32,33). The van der Waals surface area contributed by atoms with Crippen molar-refractivity contribution in [3.63, 3.8) is 0 Å². The van der Waals surface area contributed by atoms with Crippen LogP contribution in [0.3, 0.4) is 0 Å². The lowest BCUT2D eigenvalue weighted by Crippen LogP contribution is -2.03. The zero-order chi connectivity index (χ0) is 23.9. The molecule has 5 nitrogen and oxygen atoms in total. The topological polar surface area (TPSA) is 70.9 Å². The van der Waals surface area contributed by atoms with Crippen LogP contribution in [-0.4, -0.2) is 25.8 Å². The summed E-state index contributed by atoms with van der Waals surface area (Å²) in [6.45, 7) is 0.369. The highest BCUT2D eigenvalue weighted by molar-refractivity contribution is 7.16. The Balaban J connectivity index is 1.48. The molecular formula is C25H18F3N3O2S. The largest absolute Gasteiger partial charge is 0.481 e. The predicted octanol–water partition coefficient (Wildman–Crippen LogP) is 6.92. The van der Waals surface area contributed by atoms with E-state index in [1.54, 1.807) is 42.5 Å². The number of carbonyl (C=O) groups is 1. The van der Waals surface area contributed by atoms with E-state index in [0.717, 1.165) is 16.5 Å². The predicted molar refractivity (Wildman–Crippen MR) is 126 cm³/mol. The van der Waals surface area contributed by atoms with Gasteiger partial charge in [-0.3, -0.25) is 9.89 Å². The summed E-state index contributed by atoms with van der Waals surface area (Å²) < 4.78 is 43.1. The molecule has 0 bridgehead atoms. The van der Waals surface area contributed by atoms with Crippen molar-refractivity contribution in [2.45, 2.75) is 19.1 Å². The van der Waals surface area contributed by atoms with Crippen molar-refractivity contribution >= 4 is 28.2 Å². The number of carboxylic acids is 1. The lowest BCUT2D eigenvalue weighted by Gasteiger charge is -2.07. The first-order valence-corrected chi connectivity index (χ1v) is 11.2. The Hall–Kier alpha value is -3.85. The zero-order valence-electron chi connectivity index (χ0n) is 17.6. The van der Waals surface area contributed by atoms with Gasteiger partial charge in [-0.1, -0.05) is 36.4 Å². The fourth-order valence-electron chi connectivity index (χ4n) is 3.93. The number of fused-ring (bicyclic) bond motifs is 1. The normalized spacial score (nSPS) is 11.9. The third-order valence-corrected chi connectivity index (χ3v) is 6.76. The Morgan fingerprint density at radius 3 is 2.56 bits per heavy atom. The second-order valence-corrected chi connectivity index (χ2v) is 8.86. The number of aromatic nitrogens is 3. The van der Waals surface area contributed by atoms with Crippen LogP contribution in [0.4, 0.5) is 13.2 Å². The van der Waals surface area contributed by atoms with E-state index in [9.17, 15) is 18.0 Å². The molecular weight excluding hydrogens is 463 g/mol. The van der Waals surface area contributed by atoms with E-state index in [4.69, 9.17) is 5.11 Å². The van der Waals surface area contributed by atoms with Crippen LogP contribution in [0.15, 0.2) is 72.9 Å². The molecule has 0 unspecified atom stereocenters. The van der Waals surface area contributed by atoms with Crippen molar-refractivity contribution in [1.82, 2.24) is 14.8 Å². The summed E-state index contributed by atoms with van der Waals surface area (Å²) in [6.07, 6.45) is -2.60. The van der Waals surface area contributed by atoms with E-state index in [-0.39, 0.29) is 12.0 Å². The van der Waals surface area contributed by atoms with Gasteiger partial charge in [-0.05, 0) is 35.9 Å². The molecule has 0 aliphatic rings. The number of aliphatic carboxylic acids is 1. The zero-order valence-corrected chi connectivity index (χ0v) is 18.5. The summed E-state index contributed by atoms with van der Waals surface area (Å²) in [6, 6.07) is 19.4. The minimum Gasteiger partial charge on any atom is -0.481 e. The first kappa shape index (κ1) is 22.0. The molecule has 0 atom stereocenters. The maximum absolute atomic E-state index is 13.7. The molecule has 0 spiro atoms. The summed E-state index contributed by atoms with van der Waals surface area (Å²) in [5.41, 5.74) is 3.48. The highest BCUT2D eigenvalue weighted by atomic mass is 32.1. The van der Waals surface area contributed by atoms with Crippen LogP contribution in [-0.2, 0) is 17.5 Å². The third kappa shape index (κ3) is 4.22. The summed E-state index contributed by atoms with van der Waals surface area (Å²) >= 11 is 0.689. The number of alkyl halides is 3. The van der Waals surface area contributed by atoms with Gasteiger partial charge in [-0.2, -0.15) is 18.3 Å². The molecule has 2 N–H and O–H groups in total. The van der Waals surface area contributed by atoms with Crippen molar-refractivity contribution < 1.29 is 23.1 Å². The van der Waals surface area contributed by atoms with Gasteiger partial charge in [0.1, 0.15) is 4.88 Å². The Morgan fingerprint density at radius 2 is 1.82 bits per heavy atom. The first-order chi connectivity index (χ1) is 16.3. The van der Waals surface area contributed by atoms with Crippen molar-refractivity contribution in [2.24, 2.45) is 0 Å². The van der Waals surface area contributed by atoms with Crippen LogP contribution in [0.5, 0.6) is 0 Å². The van der Waals surface area contributed by atoms with Gasteiger partial charge < -0.3 is 9.67 Å². The highest BCUT2D eigenvalue weighted by Gasteiger charge is 2.36. The molecule has 2 aromatic carbocycles. The number of aromatic amines is 1. The number of carboxylic acid groups (broad SMARTS) is 1. The molecule has 0 aliphatic carbocycles. The molecule has 0 radical (unpaired) electrons. The van der Waals surface area contributed by atoms with E-state index >= 15 is 0 Å². The van der Waals surface area contributed by atoms with Gasteiger partial charge in [0.2, 0.25) is 0 Å². The highest BCUT2D eigenvalue weighted by Crippen LogP contribution is 2.45. The number of H-pyrrole nitrogens is 1. The van der Waals surface area contributed by atoms with Crippen molar-refractivity contribution in [1.29, 1.82) is 0 Å². The number of hydrogen-bond acceptors (Lipinski definition) is 3. The average Bonchev–Trinajstić information content (AvgIpc) is 3.55. The van der Waals surface area contributed by atoms with E-state index in [1.807, 2.05) is 35.0 Å². The number of halogens is 3. The Bertz CT molecular complexity index is 1480. The second kappa shape index (κ2) is 8.49. The molecule has 5 rings (SSSR count). The second-order valence-electron chi connectivity index (χ2n) is 7.81. The van der Waals surface area contributed by atoms with Crippen LogP contribution in [0.2, 0.25) is 0 Å². The van der Waals surface area contributed by atoms with Crippen LogP contribution in [0.1, 0.15) is 11.3 Å². The van der Waals surface area contributed by atoms with Gasteiger partial charge in [-0.25, -0.2) is 0 Å². The van der Waals surface area contributed by atoms with Gasteiger partial charge in [0.05, 0.1) is 22.7 Å². The van der Waals surface area contributed by atoms with E-state index in [1.165, 1.54) is 0 Å². The van der Waals surface area contributed by atoms with Crippen LogP contribution < -0.4 is 0 Å². The number of rotatable bonds is 6. The molecule has 0 fully saturated rings. The summed E-state index contributed by atoms with van der Waals surface area (Å²) in [4.78, 5) is 10.7. The van der Waals surface area contributed by atoms with E-state index in [0.29, 0.717) is 39.7 Å². The summed E-state index contributed by atoms with van der Waals surface area (Å²) in [5.74, 6) is -0.861. The smallest absolute Gasteiger partial charge is 0.426 e. The third-order valence-electron chi connectivity index (χ3n) is 5.55. The molecule has 3 heterocycles. The van der Waals surface area contributed by atoms with Crippen LogP contribution in [0.25, 0.3) is 43.9 Å². The molecule has 0 saturated heterocycles. The van der Waals surface area contributed by atoms with Crippen LogP contribution in [0, 0.1) is 0 Å².